The fourth-order valence-corrected chi connectivity index (χ4v) is 3.36. The minimum absolute atomic E-state index is 0.177. The molecule has 6 heteroatoms. The van der Waals surface area contributed by atoms with Crippen molar-refractivity contribution in [3.8, 4) is 11.4 Å². The lowest BCUT2D eigenvalue weighted by atomic mass is 10.1. The van der Waals surface area contributed by atoms with Gasteiger partial charge in [-0.2, -0.15) is 0 Å². The average molecular weight is 419 g/mol. The van der Waals surface area contributed by atoms with Crippen LogP contribution in [0.5, 0.6) is 5.75 Å². The van der Waals surface area contributed by atoms with Crippen LogP contribution in [-0.2, 0) is 6.61 Å². The normalized spacial score (nSPS) is 10.8. The number of hydrogen-bond acceptors (Lipinski definition) is 5. The number of aromatic nitrogens is 1. The molecule has 0 fully saturated rings. The van der Waals surface area contributed by atoms with E-state index < -0.39 is 0 Å². The van der Waals surface area contributed by atoms with Gasteiger partial charge in [0.25, 0.3) is 5.56 Å². The molecule has 0 spiro atoms. The molecular formula is C25H30N4O2. The van der Waals surface area contributed by atoms with E-state index in [1.807, 2.05) is 48.5 Å². The predicted molar refractivity (Wildman–Crippen MR) is 127 cm³/mol. The van der Waals surface area contributed by atoms with Gasteiger partial charge in [-0.15, -0.1) is 0 Å². The van der Waals surface area contributed by atoms with Crippen LogP contribution >= 0.6 is 0 Å². The molecule has 162 valence electrons. The maximum Gasteiger partial charge on any atom is 0.258 e. The van der Waals surface area contributed by atoms with Gasteiger partial charge in [0.2, 0.25) is 0 Å². The van der Waals surface area contributed by atoms with Crippen LogP contribution < -0.4 is 15.6 Å². The zero-order chi connectivity index (χ0) is 22.1. The Balaban J connectivity index is 1.69. The minimum atomic E-state index is -0.177. The van der Waals surface area contributed by atoms with Crippen LogP contribution in [0.2, 0.25) is 0 Å². The molecule has 0 unspecified atom stereocenters. The third-order valence-corrected chi connectivity index (χ3v) is 5.02. The quantitative estimate of drug-likeness (QED) is 0.459. The Morgan fingerprint density at radius 2 is 1.90 bits per heavy atom. The highest BCUT2D eigenvalue weighted by molar-refractivity contribution is 5.86. The Morgan fingerprint density at radius 3 is 2.61 bits per heavy atom. The van der Waals surface area contributed by atoms with Crippen LogP contribution in [0, 0.1) is 5.41 Å². The van der Waals surface area contributed by atoms with E-state index in [1.165, 1.54) is 12.3 Å². The van der Waals surface area contributed by atoms with Crippen molar-refractivity contribution in [2.75, 3.05) is 32.0 Å². The van der Waals surface area contributed by atoms with Gasteiger partial charge >= 0.3 is 0 Å². The number of anilines is 1. The van der Waals surface area contributed by atoms with Gasteiger partial charge in [0.15, 0.2) is 0 Å². The lowest BCUT2D eigenvalue weighted by Crippen LogP contribution is -2.26. The molecule has 0 aliphatic heterocycles. The smallest absolute Gasteiger partial charge is 0.258 e. The lowest BCUT2D eigenvalue weighted by Gasteiger charge is -2.17. The topological polar surface area (TPSA) is 70.3 Å². The van der Waals surface area contributed by atoms with E-state index >= 15 is 0 Å². The predicted octanol–water partition coefficient (Wildman–Crippen LogP) is 4.17. The summed E-state index contributed by atoms with van der Waals surface area (Å²) < 4.78 is 7.30. The number of ether oxygens (including phenoxy) is 1. The van der Waals surface area contributed by atoms with Crippen LogP contribution in [0.15, 0.2) is 71.7 Å². The van der Waals surface area contributed by atoms with Crippen molar-refractivity contribution in [3.63, 3.8) is 0 Å². The van der Waals surface area contributed by atoms with Gasteiger partial charge in [-0.05, 0) is 49.8 Å². The Bertz CT molecular complexity index is 1050. The van der Waals surface area contributed by atoms with Crippen LogP contribution in [-0.4, -0.2) is 42.4 Å². The summed E-state index contributed by atoms with van der Waals surface area (Å²) in [7, 11) is 2.10. The maximum absolute atomic E-state index is 12.6. The van der Waals surface area contributed by atoms with E-state index in [9.17, 15) is 4.79 Å². The highest BCUT2D eigenvalue weighted by Crippen LogP contribution is 2.19. The molecule has 0 aliphatic carbocycles. The lowest BCUT2D eigenvalue weighted by molar-refractivity contribution is 0.305. The summed E-state index contributed by atoms with van der Waals surface area (Å²) in [4.78, 5) is 14.9. The maximum atomic E-state index is 12.6. The molecule has 1 heterocycles. The summed E-state index contributed by atoms with van der Waals surface area (Å²) in [6, 6.07) is 18.8. The molecule has 0 bridgehead atoms. The van der Waals surface area contributed by atoms with E-state index in [1.54, 1.807) is 16.8 Å². The fourth-order valence-electron chi connectivity index (χ4n) is 3.36. The molecule has 0 saturated carbocycles. The number of hydrogen-bond donors (Lipinski definition) is 2. The van der Waals surface area contributed by atoms with Gasteiger partial charge in [-0.1, -0.05) is 37.3 Å². The Morgan fingerprint density at radius 1 is 1.10 bits per heavy atom. The first-order valence-electron chi connectivity index (χ1n) is 10.6. The van der Waals surface area contributed by atoms with E-state index in [0.717, 1.165) is 42.9 Å². The van der Waals surface area contributed by atoms with Crippen LogP contribution in [0.4, 0.5) is 5.69 Å². The van der Waals surface area contributed by atoms with Crippen molar-refractivity contribution < 1.29 is 4.74 Å². The molecule has 0 aliphatic rings. The van der Waals surface area contributed by atoms with Crippen LogP contribution in [0.1, 0.15) is 24.5 Å². The van der Waals surface area contributed by atoms with Gasteiger partial charge in [-0.25, -0.2) is 0 Å². The molecule has 0 radical (unpaired) electrons. The molecular weight excluding hydrogens is 388 g/mol. The monoisotopic (exact) mass is 418 g/mol. The average Bonchev–Trinajstić information content (AvgIpc) is 2.79. The molecule has 0 amide bonds. The van der Waals surface area contributed by atoms with E-state index in [0.29, 0.717) is 18.0 Å². The third kappa shape index (κ3) is 6.30. The van der Waals surface area contributed by atoms with Gasteiger partial charge in [0.05, 0.1) is 0 Å². The van der Waals surface area contributed by atoms with Crippen molar-refractivity contribution in [1.82, 2.24) is 9.47 Å². The zero-order valence-corrected chi connectivity index (χ0v) is 18.2. The largest absolute Gasteiger partial charge is 0.489 e. The Labute approximate surface area is 183 Å². The molecule has 3 aromatic rings. The number of nitrogens with one attached hydrogen (secondary N) is 2. The number of pyridine rings is 1. The molecule has 31 heavy (non-hydrogen) atoms. The summed E-state index contributed by atoms with van der Waals surface area (Å²) in [5, 5.41) is 11.2. The summed E-state index contributed by atoms with van der Waals surface area (Å²) in [6.07, 6.45) is 4.14. The molecule has 3 rings (SSSR count). The summed E-state index contributed by atoms with van der Waals surface area (Å²) >= 11 is 0. The molecule has 2 aromatic carbocycles. The highest BCUT2D eigenvalue weighted by Gasteiger charge is 2.07. The first kappa shape index (κ1) is 22.3. The molecule has 0 saturated heterocycles. The first-order valence-corrected chi connectivity index (χ1v) is 10.6. The number of rotatable bonds is 11. The van der Waals surface area contributed by atoms with Gasteiger partial charge < -0.3 is 20.4 Å². The molecule has 0 atom stereocenters. The van der Waals surface area contributed by atoms with Crippen LogP contribution in [0.25, 0.3) is 5.69 Å². The highest BCUT2D eigenvalue weighted by atomic mass is 16.5. The van der Waals surface area contributed by atoms with Crippen molar-refractivity contribution in [3.05, 3.63) is 88.3 Å². The summed E-state index contributed by atoms with van der Waals surface area (Å²) in [5.74, 6) is 0.534. The number of likely N-dealkylation sites (N-methyl/N-ethyl adjacent to an activating group) is 1. The molecule has 2 N–H and O–H groups in total. The fraction of sp³-hybridized carbons (Fsp3) is 0.280. The van der Waals surface area contributed by atoms with Gasteiger partial charge in [0, 0.05) is 48.5 Å². The standard InChI is InChI=1S/C25H30N4O2/c1-3-13-28(2)15-12-27-24-10-9-22(16-21(24)18-26)29-14-11-23(17-25(29)30)31-19-20-7-5-4-6-8-20/h4-11,14,16-18,26-27H,3,12-13,15,19H2,1-2H3. The Kier molecular flexibility index (Phi) is 8.01. The summed E-state index contributed by atoms with van der Waals surface area (Å²) in [6.45, 7) is 5.36. The zero-order valence-electron chi connectivity index (χ0n) is 18.2. The van der Waals surface area contributed by atoms with E-state index in [4.69, 9.17) is 10.1 Å². The van der Waals surface area contributed by atoms with Gasteiger partial charge in [0.1, 0.15) is 12.4 Å². The second-order valence-corrected chi connectivity index (χ2v) is 7.49. The van der Waals surface area contributed by atoms with Gasteiger partial charge in [-0.3, -0.25) is 9.36 Å². The third-order valence-electron chi connectivity index (χ3n) is 5.02. The van der Waals surface area contributed by atoms with Crippen LogP contribution in [0.3, 0.4) is 0 Å². The number of benzene rings is 2. The number of nitrogens with zero attached hydrogens (tertiary/aromatic N) is 2. The molecule has 1 aromatic heterocycles. The second kappa shape index (κ2) is 11.1. The van der Waals surface area contributed by atoms with E-state index in [2.05, 4.69) is 24.2 Å². The SMILES string of the molecule is CCCN(C)CCNc1ccc(-n2ccc(OCc3ccccc3)cc2=O)cc1C=N. The van der Waals surface area contributed by atoms with Crippen molar-refractivity contribution >= 4 is 11.9 Å². The van der Waals surface area contributed by atoms with Crippen molar-refractivity contribution in [1.29, 1.82) is 5.41 Å². The molecule has 6 nitrogen and oxygen atoms in total. The minimum Gasteiger partial charge on any atom is -0.489 e. The second-order valence-electron chi connectivity index (χ2n) is 7.49. The Hall–Kier alpha value is -3.38. The first-order chi connectivity index (χ1) is 15.1. The summed E-state index contributed by atoms with van der Waals surface area (Å²) in [5.41, 5.74) is 3.22. The van der Waals surface area contributed by atoms with Crippen molar-refractivity contribution in [2.45, 2.75) is 20.0 Å². The van der Waals surface area contributed by atoms with Crippen molar-refractivity contribution in [2.24, 2.45) is 0 Å². The van der Waals surface area contributed by atoms with E-state index in [-0.39, 0.29) is 5.56 Å².